The lowest BCUT2D eigenvalue weighted by Gasteiger charge is -2.00. The molecular formula is C6H10O2. The summed E-state index contributed by atoms with van der Waals surface area (Å²) < 4.78 is 5.16. The first-order valence-electron chi connectivity index (χ1n) is 2.98. The molecular weight excluding hydrogens is 104 g/mol. The van der Waals surface area contributed by atoms with E-state index in [0.29, 0.717) is 6.42 Å². The largest absolute Gasteiger partial charge is 0.378 e. The molecule has 1 atom stereocenters. The normalized spacial score (nSPS) is 28.2. The van der Waals surface area contributed by atoms with Gasteiger partial charge in [-0.15, -0.1) is 0 Å². The van der Waals surface area contributed by atoms with Crippen molar-refractivity contribution in [1.82, 2.24) is 0 Å². The summed E-state index contributed by atoms with van der Waals surface area (Å²) in [7, 11) is 0. The third-order valence-corrected chi connectivity index (χ3v) is 1.38. The van der Waals surface area contributed by atoms with E-state index in [0.717, 1.165) is 25.7 Å². The van der Waals surface area contributed by atoms with E-state index in [9.17, 15) is 4.79 Å². The first kappa shape index (κ1) is 5.76. The van der Waals surface area contributed by atoms with Crippen LogP contribution in [0.4, 0.5) is 0 Å². The van der Waals surface area contributed by atoms with E-state index in [1.165, 1.54) is 0 Å². The molecule has 0 radical (unpaired) electrons. The van der Waals surface area contributed by atoms with E-state index < -0.39 is 0 Å². The van der Waals surface area contributed by atoms with Crippen LogP contribution in [-0.2, 0) is 9.53 Å². The number of hydrogen-bond donors (Lipinski definition) is 0. The number of aldehydes is 1. The van der Waals surface area contributed by atoms with Gasteiger partial charge in [0.15, 0.2) is 0 Å². The highest BCUT2D eigenvalue weighted by molar-refractivity contribution is 5.50. The zero-order valence-corrected chi connectivity index (χ0v) is 4.80. The van der Waals surface area contributed by atoms with Crippen LogP contribution < -0.4 is 0 Å². The van der Waals surface area contributed by atoms with Crippen molar-refractivity contribution in [3.05, 3.63) is 0 Å². The van der Waals surface area contributed by atoms with Crippen molar-refractivity contribution in [2.75, 3.05) is 6.61 Å². The van der Waals surface area contributed by atoms with Crippen molar-refractivity contribution >= 4 is 6.29 Å². The summed E-state index contributed by atoms with van der Waals surface area (Å²) in [6.07, 6.45) is 3.94. The van der Waals surface area contributed by atoms with Crippen LogP contribution in [0.15, 0.2) is 0 Å². The van der Waals surface area contributed by atoms with Gasteiger partial charge in [-0.1, -0.05) is 0 Å². The number of carbonyl (C=O) groups is 1. The van der Waals surface area contributed by atoms with E-state index in [2.05, 4.69) is 0 Å². The SMILES string of the molecule is O=CCC1CCCO1. The molecule has 1 fully saturated rings. The molecule has 0 spiro atoms. The second-order valence-corrected chi connectivity index (χ2v) is 2.04. The lowest BCUT2D eigenvalue weighted by Crippen LogP contribution is -2.03. The van der Waals surface area contributed by atoms with Gasteiger partial charge >= 0.3 is 0 Å². The summed E-state index contributed by atoms with van der Waals surface area (Å²) in [4.78, 5) is 9.88. The van der Waals surface area contributed by atoms with Crippen molar-refractivity contribution in [2.24, 2.45) is 0 Å². The Morgan fingerprint density at radius 1 is 1.75 bits per heavy atom. The molecule has 1 aliphatic rings. The molecule has 1 saturated heterocycles. The Kier molecular flexibility index (Phi) is 2.03. The van der Waals surface area contributed by atoms with Crippen molar-refractivity contribution in [3.63, 3.8) is 0 Å². The molecule has 2 nitrogen and oxygen atoms in total. The second kappa shape index (κ2) is 2.82. The topological polar surface area (TPSA) is 26.3 Å². The highest BCUT2D eigenvalue weighted by Gasteiger charge is 2.13. The first-order chi connectivity index (χ1) is 3.93. The number of ether oxygens (including phenoxy) is 1. The summed E-state index contributed by atoms with van der Waals surface area (Å²) >= 11 is 0. The molecule has 8 heavy (non-hydrogen) atoms. The Morgan fingerprint density at radius 2 is 2.62 bits per heavy atom. The smallest absolute Gasteiger partial charge is 0.122 e. The maximum Gasteiger partial charge on any atom is 0.122 e. The Bertz CT molecular complexity index is 74.6. The van der Waals surface area contributed by atoms with E-state index >= 15 is 0 Å². The van der Waals surface area contributed by atoms with Gasteiger partial charge in [0.1, 0.15) is 6.29 Å². The predicted molar refractivity (Wildman–Crippen MR) is 29.7 cm³/mol. The number of hydrogen-bond acceptors (Lipinski definition) is 2. The summed E-state index contributed by atoms with van der Waals surface area (Å²) in [5, 5.41) is 0. The predicted octanol–water partition coefficient (Wildman–Crippen LogP) is 0.754. The maximum atomic E-state index is 9.88. The van der Waals surface area contributed by atoms with Gasteiger partial charge in [-0.3, -0.25) is 0 Å². The van der Waals surface area contributed by atoms with Gasteiger partial charge < -0.3 is 9.53 Å². The molecule has 2 heteroatoms. The maximum absolute atomic E-state index is 9.88. The van der Waals surface area contributed by atoms with E-state index in [4.69, 9.17) is 4.74 Å². The van der Waals surface area contributed by atoms with Gasteiger partial charge in [-0.2, -0.15) is 0 Å². The minimum Gasteiger partial charge on any atom is -0.378 e. The van der Waals surface area contributed by atoms with Gasteiger partial charge in [-0.05, 0) is 12.8 Å². The van der Waals surface area contributed by atoms with Crippen molar-refractivity contribution in [3.8, 4) is 0 Å². The van der Waals surface area contributed by atoms with E-state index in [-0.39, 0.29) is 6.10 Å². The summed E-state index contributed by atoms with van der Waals surface area (Å²) in [5.74, 6) is 0. The Morgan fingerprint density at radius 3 is 3.12 bits per heavy atom. The van der Waals surface area contributed by atoms with Crippen LogP contribution in [0.1, 0.15) is 19.3 Å². The molecule has 46 valence electrons. The van der Waals surface area contributed by atoms with Crippen LogP contribution in [0.3, 0.4) is 0 Å². The van der Waals surface area contributed by atoms with Crippen molar-refractivity contribution in [1.29, 1.82) is 0 Å². The third-order valence-electron chi connectivity index (χ3n) is 1.38. The fourth-order valence-electron chi connectivity index (χ4n) is 0.938. The fraction of sp³-hybridized carbons (Fsp3) is 0.833. The van der Waals surface area contributed by atoms with Gasteiger partial charge in [0, 0.05) is 13.0 Å². The summed E-state index contributed by atoms with van der Waals surface area (Å²) in [5.41, 5.74) is 0. The minimum absolute atomic E-state index is 0.243. The summed E-state index contributed by atoms with van der Waals surface area (Å²) in [6, 6.07) is 0. The fourth-order valence-corrected chi connectivity index (χ4v) is 0.938. The Labute approximate surface area is 48.8 Å². The molecule has 0 saturated carbocycles. The van der Waals surface area contributed by atoms with Crippen molar-refractivity contribution in [2.45, 2.75) is 25.4 Å². The molecule has 0 aromatic heterocycles. The Hall–Kier alpha value is -0.370. The molecule has 1 heterocycles. The highest BCUT2D eigenvalue weighted by Crippen LogP contribution is 2.13. The minimum atomic E-state index is 0.243. The zero-order chi connectivity index (χ0) is 5.82. The van der Waals surface area contributed by atoms with Crippen LogP contribution in [0, 0.1) is 0 Å². The van der Waals surface area contributed by atoms with Crippen LogP contribution in [0.5, 0.6) is 0 Å². The standard InChI is InChI=1S/C6H10O2/c7-4-3-6-2-1-5-8-6/h4,6H,1-3,5H2. The van der Waals surface area contributed by atoms with Gasteiger partial charge in [0.2, 0.25) is 0 Å². The van der Waals surface area contributed by atoms with Gasteiger partial charge in [0.05, 0.1) is 6.10 Å². The number of carbonyl (C=O) groups excluding carboxylic acids is 1. The quantitative estimate of drug-likeness (QED) is 0.495. The molecule has 1 unspecified atom stereocenters. The first-order valence-corrected chi connectivity index (χ1v) is 2.98. The van der Waals surface area contributed by atoms with Gasteiger partial charge in [0.25, 0.3) is 0 Å². The lowest BCUT2D eigenvalue weighted by molar-refractivity contribution is -0.109. The third kappa shape index (κ3) is 1.30. The molecule has 0 aromatic carbocycles. The molecule has 0 aromatic rings. The van der Waals surface area contributed by atoms with Crippen LogP contribution in [0.2, 0.25) is 0 Å². The second-order valence-electron chi connectivity index (χ2n) is 2.04. The van der Waals surface area contributed by atoms with Crippen LogP contribution >= 0.6 is 0 Å². The van der Waals surface area contributed by atoms with Crippen LogP contribution in [0.25, 0.3) is 0 Å². The monoisotopic (exact) mass is 114 g/mol. The van der Waals surface area contributed by atoms with Gasteiger partial charge in [-0.25, -0.2) is 0 Å². The summed E-state index contributed by atoms with van der Waals surface area (Å²) in [6.45, 7) is 0.846. The lowest BCUT2D eigenvalue weighted by atomic mass is 10.2. The van der Waals surface area contributed by atoms with E-state index in [1.54, 1.807) is 0 Å². The highest BCUT2D eigenvalue weighted by atomic mass is 16.5. The molecule has 0 aliphatic carbocycles. The molecule has 1 aliphatic heterocycles. The molecule has 0 bridgehead atoms. The van der Waals surface area contributed by atoms with Crippen LogP contribution in [-0.4, -0.2) is 19.0 Å². The molecule has 0 amide bonds. The average Bonchev–Trinajstić information content (AvgIpc) is 2.19. The molecule has 0 N–H and O–H groups in total. The average molecular weight is 114 g/mol. The molecule has 1 rings (SSSR count). The zero-order valence-electron chi connectivity index (χ0n) is 4.80. The Balaban J connectivity index is 2.14. The van der Waals surface area contributed by atoms with E-state index in [1.807, 2.05) is 0 Å². The van der Waals surface area contributed by atoms with Crippen molar-refractivity contribution < 1.29 is 9.53 Å². The number of rotatable bonds is 2.